The summed E-state index contributed by atoms with van der Waals surface area (Å²) in [5.41, 5.74) is 4.29. The van der Waals surface area contributed by atoms with Crippen LogP contribution in [0.4, 0.5) is 0 Å². The van der Waals surface area contributed by atoms with Crippen LogP contribution in [0.25, 0.3) is 0 Å². The van der Waals surface area contributed by atoms with Crippen LogP contribution >= 0.6 is 0 Å². The van der Waals surface area contributed by atoms with Gasteiger partial charge < -0.3 is 16.2 Å². The zero-order chi connectivity index (χ0) is 13.9. The molecule has 0 aromatic carbocycles. The van der Waals surface area contributed by atoms with Gasteiger partial charge in [0, 0.05) is 0 Å². The molecule has 0 saturated carbocycles. The number of carbonyl (C=O) groups is 2. The molecule has 5 heteroatoms. The second-order valence-corrected chi connectivity index (χ2v) is 5.78. The van der Waals surface area contributed by atoms with Gasteiger partial charge in [0.2, 0.25) is 5.91 Å². The summed E-state index contributed by atoms with van der Waals surface area (Å²) in [6.45, 7) is 8.84. The van der Waals surface area contributed by atoms with Crippen molar-refractivity contribution in [3.63, 3.8) is 0 Å². The molecule has 0 aliphatic rings. The Labute approximate surface area is 103 Å². The molecule has 0 spiro atoms. The molecule has 4 N–H and O–H groups in total. The molecule has 0 radical (unpaired) electrons. The van der Waals surface area contributed by atoms with Crippen molar-refractivity contribution < 1.29 is 14.7 Å². The van der Waals surface area contributed by atoms with E-state index in [1.807, 2.05) is 6.92 Å². The summed E-state index contributed by atoms with van der Waals surface area (Å²) in [4.78, 5) is 23.0. The highest BCUT2D eigenvalue weighted by Gasteiger charge is 2.36. The first-order chi connectivity index (χ1) is 7.52. The molecule has 2 atom stereocenters. The first kappa shape index (κ1) is 15.9. The summed E-state index contributed by atoms with van der Waals surface area (Å²) in [5.74, 6) is -1.46. The Kier molecular flexibility index (Phi) is 5.13. The smallest absolute Gasteiger partial charge is 0.326 e. The number of amides is 1. The molecular weight excluding hydrogens is 220 g/mol. The second-order valence-electron chi connectivity index (χ2n) is 5.78. The van der Waals surface area contributed by atoms with E-state index >= 15 is 0 Å². The van der Waals surface area contributed by atoms with E-state index in [9.17, 15) is 9.59 Å². The van der Waals surface area contributed by atoms with E-state index in [4.69, 9.17) is 10.8 Å². The molecule has 0 heterocycles. The van der Waals surface area contributed by atoms with Crippen molar-refractivity contribution in [1.82, 2.24) is 5.32 Å². The van der Waals surface area contributed by atoms with Gasteiger partial charge in [-0.25, -0.2) is 4.79 Å². The summed E-state index contributed by atoms with van der Waals surface area (Å²) in [6.07, 6.45) is 1.29. The number of rotatable bonds is 5. The third-order valence-electron chi connectivity index (χ3n) is 2.68. The molecule has 0 aromatic heterocycles. The van der Waals surface area contributed by atoms with E-state index in [0.29, 0.717) is 6.42 Å². The van der Waals surface area contributed by atoms with Gasteiger partial charge in [0.25, 0.3) is 0 Å². The number of nitrogens with two attached hydrogens (primary N) is 1. The lowest BCUT2D eigenvalue weighted by Gasteiger charge is -2.31. The SMILES string of the molecule is CCCC(C)(N)C(=O)N[C@@H](C(=O)O)C(C)(C)C. The lowest BCUT2D eigenvalue weighted by Crippen LogP contribution is -2.58. The van der Waals surface area contributed by atoms with Crippen molar-refractivity contribution in [2.24, 2.45) is 11.1 Å². The molecule has 0 bridgehead atoms. The summed E-state index contributed by atoms with van der Waals surface area (Å²) >= 11 is 0. The number of hydrogen-bond donors (Lipinski definition) is 3. The maximum Gasteiger partial charge on any atom is 0.326 e. The molecule has 0 aliphatic heterocycles. The first-order valence-corrected chi connectivity index (χ1v) is 5.85. The van der Waals surface area contributed by atoms with Gasteiger partial charge in [0.05, 0.1) is 5.54 Å². The quantitative estimate of drug-likeness (QED) is 0.675. The van der Waals surface area contributed by atoms with Crippen LogP contribution in [0.3, 0.4) is 0 Å². The van der Waals surface area contributed by atoms with Crippen LogP contribution < -0.4 is 11.1 Å². The fourth-order valence-corrected chi connectivity index (χ4v) is 1.58. The molecular formula is C12H24N2O3. The van der Waals surface area contributed by atoms with E-state index in [0.717, 1.165) is 6.42 Å². The molecule has 1 amide bonds. The van der Waals surface area contributed by atoms with Gasteiger partial charge in [-0.05, 0) is 18.8 Å². The maximum absolute atomic E-state index is 11.9. The van der Waals surface area contributed by atoms with E-state index in [2.05, 4.69) is 5.32 Å². The van der Waals surface area contributed by atoms with Gasteiger partial charge in [-0.1, -0.05) is 34.1 Å². The van der Waals surface area contributed by atoms with Crippen LogP contribution in [0.15, 0.2) is 0 Å². The topological polar surface area (TPSA) is 92.4 Å². The van der Waals surface area contributed by atoms with Crippen molar-refractivity contribution in [3.8, 4) is 0 Å². The maximum atomic E-state index is 11.9. The largest absolute Gasteiger partial charge is 0.480 e. The standard InChI is InChI=1S/C12H24N2O3/c1-6-7-12(5,13)10(17)14-8(9(15)16)11(2,3)4/h8H,6-7,13H2,1-5H3,(H,14,17)(H,15,16)/t8-,12?/m0/s1. The molecule has 100 valence electrons. The van der Waals surface area contributed by atoms with Gasteiger partial charge in [0.15, 0.2) is 0 Å². The van der Waals surface area contributed by atoms with Gasteiger partial charge in [-0.2, -0.15) is 0 Å². The Morgan fingerprint density at radius 3 is 2.06 bits per heavy atom. The highest BCUT2D eigenvalue weighted by Crippen LogP contribution is 2.20. The lowest BCUT2D eigenvalue weighted by atomic mass is 9.85. The van der Waals surface area contributed by atoms with Crippen molar-refractivity contribution in [1.29, 1.82) is 0 Å². The Morgan fingerprint density at radius 2 is 1.76 bits per heavy atom. The van der Waals surface area contributed by atoms with E-state index in [-0.39, 0.29) is 0 Å². The minimum Gasteiger partial charge on any atom is -0.480 e. The van der Waals surface area contributed by atoms with E-state index in [1.54, 1.807) is 27.7 Å². The molecule has 5 nitrogen and oxygen atoms in total. The second kappa shape index (κ2) is 5.49. The summed E-state index contributed by atoms with van der Waals surface area (Å²) in [5, 5.41) is 11.6. The summed E-state index contributed by atoms with van der Waals surface area (Å²) in [6, 6.07) is -0.935. The summed E-state index contributed by atoms with van der Waals surface area (Å²) in [7, 11) is 0. The number of aliphatic carboxylic acids is 1. The minimum atomic E-state index is -1.04. The number of nitrogens with one attached hydrogen (secondary N) is 1. The van der Waals surface area contributed by atoms with Gasteiger partial charge in [0.1, 0.15) is 6.04 Å². The fraction of sp³-hybridized carbons (Fsp3) is 0.833. The summed E-state index contributed by atoms with van der Waals surface area (Å²) < 4.78 is 0. The zero-order valence-corrected chi connectivity index (χ0v) is 11.3. The average molecular weight is 244 g/mol. The molecule has 0 aliphatic carbocycles. The Morgan fingerprint density at radius 1 is 1.29 bits per heavy atom. The predicted octanol–water partition coefficient (Wildman–Crippen LogP) is 1.12. The monoisotopic (exact) mass is 244 g/mol. The average Bonchev–Trinajstić information content (AvgIpc) is 2.10. The number of hydrogen-bond acceptors (Lipinski definition) is 3. The van der Waals surface area contributed by atoms with Crippen molar-refractivity contribution in [2.45, 2.75) is 59.0 Å². The minimum absolute atomic E-state index is 0.415. The highest BCUT2D eigenvalue weighted by molar-refractivity contribution is 5.89. The Bertz CT molecular complexity index is 293. The molecule has 0 saturated heterocycles. The molecule has 0 aromatic rings. The van der Waals surface area contributed by atoms with Crippen LogP contribution in [-0.4, -0.2) is 28.6 Å². The van der Waals surface area contributed by atoms with Crippen molar-refractivity contribution in [3.05, 3.63) is 0 Å². The van der Waals surface area contributed by atoms with E-state index < -0.39 is 28.9 Å². The van der Waals surface area contributed by atoms with Crippen LogP contribution in [0, 0.1) is 5.41 Å². The Balaban J connectivity index is 4.80. The van der Waals surface area contributed by atoms with Gasteiger partial charge >= 0.3 is 5.97 Å². The third kappa shape index (κ3) is 4.73. The van der Waals surface area contributed by atoms with Crippen molar-refractivity contribution >= 4 is 11.9 Å². The molecule has 0 fully saturated rings. The van der Waals surface area contributed by atoms with Crippen LogP contribution in [-0.2, 0) is 9.59 Å². The lowest BCUT2D eigenvalue weighted by molar-refractivity contribution is -0.145. The fourth-order valence-electron chi connectivity index (χ4n) is 1.58. The molecule has 0 rings (SSSR count). The van der Waals surface area contributed by atoms with Gasteiger partial charge in [-0.3, -0.25) is 4.79 Å². The zero-order valence-electron chi connectivity index (χ0n) is 11.3. The number of carboxylic acids is 1. The molecule has 17 heavy (non-hydrogen) atoms. The first-order valence-electron chi connectivity index (χ1n) is 5.85. The number of carboxylic acid groups (broad SMARTS) is 1. The third-order valence-corrected chi connectivity index (χ3v) is 2.68. The van der Waals surface area contributed by atoms with Crippen molar-refractivity contribution in [2.75, 3.05) is 0 Å². The van der Waals surface area contributed by atoms with Crippen LogP contribution in [0.1, 0.15) is 47.5 Å². The Hall–Kier alpha value is -1.10. The number of carbonyl (C=O) groups excluding carboxylic acids is 1. The van der Waals surface area contributed by atoms with Crippen LogP contribution in [0.5, 0.6) is 0 Å². The molecule has 1 unspecified atom stereocenters. The highest BCUT2D eigenvalue weighted by atomic mass is 16.4. The normalized spacial score (nSPS) is 17.1. The van der Waals surface area contributed by atoms with Crippen LogP contribution in [0.2, 0.25) is 0 Å². The predicted molar refractivity (Wildman–Crippen MR) is 66.5 cm³/mol. The van der Waals surface area contributed by atoms with E-state index in [1.165, 1.54) is 0 Å². The van der Waals surface area contributed by atoms with Gasteiger partial charge in [-0.15, -0.1) is 0 Å².